The lowest BCUT2D eigenvalue weighted by Crippen LogP contribution is -2.13. The molecule has 0 spiro atoms. The van der Waals surface area contributed by atoms with Crippen LogP contribution < -0.4 is 5.64 Å². The molecule has 0 heterocycles. The lowest BCUT2D eigenvalue weighted by molar-refractivity contribution is -0.181. The van der Waals surface area contributed by atoms with E-state index in [2.05, 4.69) is 4.84 Å². The highest BCUT2D eigenvalue weighted by atomic mass is 16.9. The van der Waals surface area contributed by atoms with E-state index >= 15 is 0 Å². The first-order valence-corrected chi connectivity index (χ1v) is 3.43. The molecule has 0 aliphatic carbocycles. The molecule has 1 aromatic carbocycles. The second kappa shape index (κ2) is 5.29. The Bertz CT molecular complexity index is 225. The van der Waals surface area contributed by atoms with Gasteiger partial charge in [0.2, 0.25) is 0 Å². The molecule has 1 N–H and O–H groups in total. The third-order valence-electron chi connectivity index (χ3n) is 1.24. The lowest BCUT2D eigenvalue weighted by atomic mass is 10.2. The monoisotopic (exact) mass is 167 g/mol. The summed E-state index contributed by atoms with van der Waals surface area (Å²) >= 11 is 0. The van der Waals surface area contributed by atoms with E-state index in [0.717, 1.165) is 5.56 Å². The Morgan fingerprint density at radius 1 is 1.33 bits per heavy atom. The fourth-order valence-corrected chi connectivity index (χ4v) is 0.741. The highest BCUT2D eigenvalue weighted by Gasteiger charge is 1.89. The van der Waals surface area contributed by atoms with Gasteiger partial charge in [-0.05, 0) is 11.2 Å². The van der Waals surface area contributed by atoms with Crippen LogP contribution in [0, 0.1) is 0 Å². The second-order valence-electron chi connectivity index (χ2n) is 2.07. The largest absolute Gasteiger partial charge is 0.348 e. The van der Waals surface area contributed by atoms with Gasteiger partial charge < -0.3 is 4.84 Å². The summed E-state index contributed by atoms with van der Waals surface area (Å²) in [4.78, 5) is 18.5. The molecule has 0 bridgehead atoms. The number of nitrogens with one attached hydrogen (secondary N) is 1. The molecule has 0 aliphatic rings. The molecule has 0 amide bonds. The molecule has 0 radical (unpaired) electrons. The van der Waals surface area contributed by atoms with Gasteiger partial charge >= 0.3 is 6.47 Å². The summed E-state index contributed by atoms with van der Waals surface area (Å²) in [5.74, 6) is 0. The number of carbonyl (C=O) groups excluding carboxylic acids is 1. The lowest BCUT2D eigenvalue weighted by Gasteiger charge is -2.01. The smallest absolute Gasteiger partial charge is 0.315 e. The van der Waals surface area contributed by atoms with E-state index in [1.54, 1.807) is 0 Å². The molecule has 4 heteroatoms. The molecule has 0 aromatic heterocycles. The van der Waals surface area contributed by atoms with Crippen LogP contribution in [0.3, 0.4) is 0 Å². The van der Waals surface area contributed by atoms with Crippen LogP contribution in [0.5, 0.6) is 0 Å². The maximum absolute atomic E-state index is 9.65. The summed E-state index contributed by atoms with van der Waals surface area (Å²) in [6, 6.07) is 9.53. The zero-order chi connectivity index (χ0) is 8.65. The molecule has 0 atom stereocenters. The van der Waals surface area contributed by atoms with E-state index in [0.29, 0.717) is 6.61 Å². The number of carbonyl (C=O) groups is 1. The van der Waals surface area contributed by atoms with Gasteiger partial charge in [-0.3, -0.25) is 9.63 Å². The Hall–Kier alpha value is -1.39. The first kappa shape index (κ1) is 8.70. The summed E-state index contributed by atoms with van der Waals surface area (Å²) in [5, 5.41) is 0. The molecule has 12 heavy (non-hydrogen) atoms. The van der Waals surface area contributed by atoms with Crippen molar-refractivity contribution in [2.24, 2.45) is 0 Å². The van der Waals surface area contributed by atoms with Gasteiger partial charge in [-0.2, -0.15) is 0 Å². The SMILES string of the molecule is O=CONOCc1ccccc1. The van der Waals surface area contributed by atoms with E-state index in [9.17, 15) is 4.79 Å². The number of hydrogen-bond acceptors (Lipinski definition) is 4. The number of benzene rings is 1. The van der Waals surface area contributed by atoms with E-state index in [1.165, 1.54) is 0 Å². The van der Waals surface area contributed by atoms with E-state index in [4.69, 9.17) is 4.84 Å². The average Bonchev–Trinajstić information content (AvgIpc) is 2.14. The van der Waals surface area contributed by atoms with Crippen LogP contribution in [0.4, 0.5) is 0 Å². The molecule has 0 unspecified atom stereocenters. The van der Waals surface area contributed by atoms with Gasteiger partial charge in [-0.1, -0.05) is 30.3 Å². The highest BCUT2D eigenvalue weighted by Crippen LogP contribution is 1.98. The zero-order valence-corrected chi connectivity index (χ0v) is 6.40. The molecular formula is C8H9NO3. The summed E-state index contributed by atoms with van der Waals surface area (Å²) in [6.45, 7) is 0.611. The van der Waals surface area contributed by atoms with Gasteiger partial charge in [0.25, 0.3) is 0 Å². The van der Waals surface area contributed by atoms with Gasteiger partial charge in [0.1, 0.15) is 0 Å². The zero-order valence-electron chi connectivity index (χ0n) is 6.40. The normalized spacial score (nSPS) is 9.33. The number of rotatable bonds is 5. The van der Waals surface area contributed by atoms with Crippen molar-refractivity contribution in [1.29, 1.82) is 0 Å². The fraction of sp³-hybridized carbons (Fsp3) is 0.125. The second-order valence-corrected chi connectivity index (χ2v) is 2.07. The summed E-state index contributed by atoms with van der Waals surface area (Å²) in [7, 11) is 0. The van der Waals surface area contributed by atoms with Gasteiger partial charge in [-0.25, -0.2) is 0 Å². The minimum atomic E-state index is 0.255. The Morgan fingerprint density at radius 2 is 2.08 bits per heavy atom. The van der Waals surface area contributed by atoms with Gasteiger partial charge in [0, 0.05) is 0 Å². The van der Waals surface area contributed by atoms with Crippen molar-refractivity contribution in [3.05, 3.63) is 35.9 Å². The Morgan fingerprint density at radius 3 is 2.75 bits per heavy atom. The first-order chi connectivity index (χ1) is 5.93. The molecule has 64 valence electrons. The van der Waals surface area contributed by atoms with Crippen molar-refractivity contribution in [2.45, 2.75) is 6.61 Å². The standard InChI is InChI=1S/C8H9NO3/c10-7-12-9-11-6-8-4-2-1-3-5-8/h1-5,7,9H,6H2. The topological polar surface area (TPSA) is 47.6 Å². The maximum atomic E-state index is 9.65. The van der Waals surface area contributed by atoms with Crippen LogP contribution in [-0.4, -0.2) is 6.47 Å². The van der Waals surface area contributed by atoms with E-state index < -0.39 is 0 Å². The average molecular weight is 167 g/mol. The molecular weight excluding hydrogens is 158 g/mol. The van der Waals surface area contributed by atoms with Crippen LogP contribution in [0.15, 0.2) is 30.3 Å². The van der Waals surface area contributed by atoms with Crippen molar-refractivity contribution < 1.29 is 14.5 Å². The van der Waals surface area contributed by atoms with Gasteiger partial charge in [0.15, 0.2) is 0 Å². The quantitative estimate of drug-likeness (QED) is 0.400. The van der Waals surface area contributed by atoms with Crippen LogP contribution in [0.2, 0.25) is 0 Å². The highest BCUT2D eigenvalue weighted by molar-refractivity contribution is 5.36. The molecule has 0 fully saturated rings. The Kier molecular flexibility index (Phi) is 3.83. The molecule has 1 rings (SSSR count). The maximum Gasteiger partial charge on any atom is 0.315 e. The van der Waals surface area contributed by atoms with Crippen molar-refractivity contribution in [1.82, 2.24) is 5.64 Å². The Balaban J connectivity index is 2.20. The van der Waals surface area contributed by atoms with Gasteiger partial charge in [-0.15, -0.1) is 0 Å². The van der Waals surface area contributed by atoms with Crippen molar-refractivity contribution in [3.8, 4) is 0 Å². The van der Waals surface area contributed by atoms with Gasteiger partial charge in [0.05, 0.1) is 6.61 Å². The third-order valence-corrected chi connectivity index (χ3v) is 1.24. The fourth-order valence-electron chi connectivity index (χ4n) is 0.741. The van der Waals surface area contributed by atoms with Crippen LogP contribution in [0.25, 0.3) is 0 Å². The Labute approximate surface area is 70.0 Å². The van der Waals surface area contributed by atoms with Crippen LogP contribution in [-0.2, 0) is 21.1 Å². The van der Waals surface area contributed by atoms with E-state index in [1.807, 2.05) is 36.0 Å². The minimum absolute atomic E-state index is 0.255. The van der Waals surface area contributed by atoms with Crippen LogP contribution >= 0.6 is 0 Å². The molecule has 4 nitrogen and oxygen atoms in total. The first-order valence-electron chi connectivity index (χ1n) is 3.43. The van der Waals surface area contributed by atoms with Crippen LogP contribution in [0.1, 0.15) is 5.56 Å². The van der Waals surface area contributed by atoms with Crippen molar-refractivity contribution >= 4 is 6.47 Å². The van der Waals surface area contributed by atoms with Crippen molar-refractivity contribution in [2.75, 3.05) is 0 Å². The summed E-state index contributed by atoms with van der Waals surface area (Å²) in [6.07, 6.45) is 0. The molecule has 0 aliphatic heterocycles. The minimum Gasteiger partial charge on any atom is -0.348 e. The predicted octanol–water partition coefficient (Wildman–Crippen LogP) is 0.796. The third kappa shape index (κ3) is 3.14. The van der Waals surface area contributed by atoms with Crippen molar-refractivity contribution in [3.63, 3.8) is 0 Å². The predicted molar refractivity (Wildman–Crippen MR) is 41.5 cm³/mol. The number of hydrogen-bond donors (Lipinski definition) is 1. The van der Waals surface area contributed by atoms with E-state index in [-0.39, 0.29) is 6.47 Å². The molecule has 0 saturated carbocycles. The summed E-state index contributed by atoms with van der Waals surface area (Å²) in [5.41, 5.74) is 3.02. The molecule has 0 saturated heterocycles. The molecule has 1 aromatic rings. The summed E-state index contributed by atoms with van der Waals surface area (Å²) < 4.78 is 0.